The second-order valence-corrected chi connectivity index (χ2v) is 6.59. The van der Waals surface area contributed by atoms with Gasteiger partial charge in [0.2, 0.25) is 0 Å². The average molecular weight is 376 g/mol. The van der Waals surface area contributed by atoms with Crippen LogP contribution in [0.1, 0.15) is 26.2 Å². The predicted octanol–water partition coefficient (Wildman–Crippen LogP) is 3.97. The third-order valence-electron chi connectivity index (χ3n) is 2.39. The van der Waals surface area contributed by atoms with Gasteiger partial charge in [0.1, 0.15) is 0 Å². The van der Waals surface area contributed by atoms with Gasteiger partial charge in [0.15, 0.2) is 0 Å². The van der Waals surface area contributed by atoms with E-state index in [1.165, 1.54) is 24.8 Å². The number of hydrogen-bond donors (Lipinski definition) is 0. The zero-order valence-corrected chi connectivity index (χ0v) is 11.1. The lowest BCUT2D eigenvalue weighted by Gasteiger charge is -2.30. The van der Waals surface area contributed by atoms with Crippen molar-refractivity contribution < 1.29 is 0 Å². The first kappa shape index (κ1) is 10.3. The van der Waals surface area contributed by atoms with Crippen molar-refractivity contribution in [3.8, 4) is 0 Å². The molecule has 0 bridgehead atoms. The number of halogens is 2. The lowest BCUT2D eigenvalue weighted by atomic mass is 9.85. The molecule has 0 nitrogen and oxygen atoms in total. The first-order valence-electron chi connectivity index (χ1n) is 4.04. The molecule has 0 N–H and O–H groups in total. The maximum atomic E-state index is 4.03. The van der Waals surface area contributed by atoms with Gasteiger partial charge in [0.25, 0.3) is 0 Å². The van der Waals surface area contributed by atoms with Crippen LogP contribution in [0.25, 0.3) is 0 Å². The van der Waals surface area contributed by atoms with Crippen LogP contribution in [-0.2, 0) is 0 Å². The van der Waals surface area contributed by atoms with Crippen molar-refractivity contribution in [1.82, 2.24) is 0 Å². The van der Waals surface area contributed by atoms with E-state index in [1.54, 1.807) is 0 Å². The highest BCUT2D eigenvalue weighted by molar-refractivity contribution is 14.1. The van der Waals surface area contributed by atoms with Gasteiger partial charge in [0.05, 0.1) is 0 Å². The van der Waals surface area contributed by atoms with Crippen LogP contribution < -0.4 is 0 Å². The molecule has 0 spiro atoms. The van der Waals surface area contributed by atoms with Crippen molar-refractivity contribution in [2.45, 2.75) is 34.0 Å². The summed E-state index contributed by atoms with van der Waals surface area (Å²) < 4.78 is 1.76. The molecule has 1 saturated carbocycles. The van der Waals surface area contributed by atoms with Crippen molar-refractivity contribution in [2.24, 2.45) is 5.92 Å². The Morgan fingerprint density at radius 3 is 2.36 bits per heavy atom. The van der Waals surface area contributed by atoms with Crippen LogP contribution in [0, 0.1) is 5.92 Å². The third kappa shape index (κ3) is 2.86. The largest absolute Gasteiger partial charge is 0.0999 e. The van der Waals surface area contributed by atoms with E-state index in [-0.39, 0.29) is 0 Å². The van der Waals surface area contributed by atoms with Crippen molar-refractivity contribution in [1.29, 1.82) is 0 Å². The molecule has 1 aliphatic carbocycles. The molecule has 0 aromatic rings. The summed E-state index contributed by atoms with van der Waals surface area (Å²) in [6.45, 7) is 6.20. The van der Waals surface area contributed by atoms with Crippen LogP contribution in [0.2, 0.25) is 0 Å². The summed E-state index contributed by atoms with van der Waals surface area (Å²) in [5.41, 5.74) is 1.38. The lowest BCUT2D eigenvalue weighted by molar-refractivity contribution is 0.437. The van der Waals surface area contributed by atoms with Gasteiger partial charge in [-0.1, -0.05) is 57.3 Å². The summed E-state index contributed by atoms with van der Waals surface area (Å²) in [6.07, 6.45) is 4.09. The smallest absolute Gasteiger partial charge is 0.0233 e. The molecular weight excluding hydrogens is 362 g/mol. The standard InChI is InChI=1S/C9H14I2/c1-6(2)7-3-4-8(10)9(11)5-7/h7-9H,1,3-5H2,2H3. The van der Waals surface area contributed by atoms with Gasteiger partial charge in [-0.15, -0.1) is 0 Å². The zero-order chi connectivity index (χ0) is 8.43. The first-order valence-corrected chi connectivity index (χ1v) is 6.54. The second kappa shape index (κ2) is 4.44. The minimum absolute atomic E-state index is 0.808. The SMILES string of the molecule is C=C(C)C1CCC(I)C(I)C1. The van der Waals surface area contributed by atoms with E-state index in [9.17, 15) is 0 Å². The average Bonchev–Trinajstić information content (AvgIpc) is 1.94. The predicted molar refractivity (Wildman–Crippen MR) is 67.8 cm³/mol. The van der Waals surface area contributed by atoms with E-state index in [0.29, 0.717) is 0 Å². The van der Waals surface area contributed by atoms with E-state index in [2.05, 4.69) is 58.7 Å². The molecule has 1 fully saturated rings. The molecule has 11 heavy (non-hydrogen) atoms. The van der Waals surface area contributed by atoms with Crippen LogP contribution in [0.4, 0.5) is 0 Å². The molecule has 3 unspecified atom stereocenters. The van der Waals surface area contributed by atoms with E-state index >= 15 is 0 Å². The van der Waals surface area contributed by atoms with Crippen LogP contribution >= 0.6 is 45.2 Å². The lowest BCUT2D eigenvalue weighted by Crippen LogP contribution is -2.25. The first-order chi connectivity index (χ1) is 5.11. The highest BCUT2D eigenvalue weighted by atomic mass is 127. The highest BCUT2D eigenvalue weighted by Gasteiger charge is 2.26. The van der Waals surface area contributed by atoms with Gasteiger partial charge < -0.3 is 0 Å². The Hall–Kier alpha value is 1.20. The minimum Gasteiger partial charge on any atom is -0.0999 e. The van der Waals surface area contributed by atoms with Crippen LogP contribution in [0.15, 0.2) is 12.2 Å². The number of rotatable bonds is 1. The van der Waals surface area contributed by atoms with Crippen LogP contribution in [0.5, 0.6) is 0 Å². The Balaban J connectivity index is 2.46. The molecule has 64 valence electrons. The molecular formula is C9H14I2. The molecule has 0 saturated heterocycles. The molecule has 1 rings (SSSR count). The van der Waals surface area contributed by atoms with Gasteiger partial charge >= 0.3 is 0 Å². The molecule has 3 atom stereocenters. The third-order valence-corrected chi connectivity index (χ3v) is 6.63. The van der Waals surface area contributed by atoms with Crippen molar-refractivity contribution in [2.75, 3.05) is 0 Å². The Morgan fingerprint density at radius 2 is 1.91 bits per heavy atom. The van der Waals surface area contributed by atoms with Gasteiger partial charge in [-0.25, -0.2) is 0 Å². The summed E-state index contributed by atoms with van der Waals surface area (Å²) in [5.74, 6) is 0.808. The van der Waals surface area contributed by atoms with Crippen LogP contribution in [-0.4, -0.2) is 7.85 Å². The molecule has 0 aromatic carbocycles. The van der Waals surface area contributed by atoms with E-state index in [1.807, 2.05) is 0 Å². The fourth-order valence-corrected chi connectivity index (χ4v) is 3.15. The maximum absolute atomic E-state index is 4.03. The number of alkyl halides is 2. The Labute approximate surface area is 96.5 Å². The molecule has 0 aromatic heterocycles. The fraction of sp³-hybridized carbons (Fsp3) is 0.778. The molecule has 0 amide bonds. The van der Waals surface area contributed by atoms with Gasteiger partial charge in [-0.2, -0.15) is 0 Å². The second-order valence-electron chi connectivity index (χ2n) is 3.39. The Morgan fingerprint density at radius 1 is 1.27 bits per heavy atom. The topological polar surface area (TPSA) is 0 Å². The molecule has 1 aliphatic rings. The van der Waals surface area contributed by atoms with E-state index in [4.69, 9.17) is 0 Å². The Bertz CT molecular complexity index is 154. The van der Waals surface area contributed by atoms with E-state index < -0.39 is 0 Å². The summed E-state index contributed by atoms with van der Waals surface area (Å²) >= 11 is 5.16. The van der Waals surface area contributed by atoms with Crippen molar-refractivity contribution in [3.63, 3.8) is 0 Å². The Kier molecular flexibility index (Phi) is 4.15. The molecule has 0 aliphatic heterocycles. The van der Waals surface area contributed by atoms with Crippen molar-refractivity contribution in [3.05, 3.63) is 12.2 Å². The monoisotopic (exact) mass is 376 g/mol. The number of hydrogen-bond acceptors (Lipinski definition) is 0. The maximum Gasteiger partial charge on any atom is 0.0233 e. The van der Waals surface area contributed by atoms with Gasteiger partial charge in [-0.3, -0.25) is 0 Å². The molecule has 0 heterocycles. The summed E-state index contributed by atoms with van der Waals surface area (Å²) in [7, 11) is 0. The summed E-state index contributed by atoms with van der Waals surface area (Å²) in [4.78, 5) is 0. The molecule has 0 radical (unpaired) electrons. The van der Waals surface area contributed by atoms with Crippen molar-refractivity contribution >= 4 is 45.2 Å². The van der Waals surface area contributed by atoms with Gasteiger partial charge in [0, 0.05) is 7.85 Å². The number of allylic oxidation sites excluding steroid dienone is 1. The fourth-order valence-electron chi connectivity index (χ4n) is 1.53. The van der Waals surface area contributed by atoms with E-state index in [0.717, 1.165) is 13.8 Å². The summed E-state index contributed by atoms with van der Waals surface area (Å²) in [6, 6.07) is 0. The molecule has 2 heteroatoms. The van der Waals surface area contributed by atoms with Gasteiger partial charge in [-0.05, 0) is 32.1 Å². The minimum atomic E-state index is 0.808. The normalized spacial score (nSPS) is 38.6. The highest BCUT2D eigenvalue weighted by Crippen LogP contribution is 2.36. The summed E-state index contributed by atoms with van der Waals surface area (Å²) in [5, 5.41) is 0. The zero-order valence-electron chi connectivity index (χ0n) is 6.82. The van der Waals surface area contributed by atoms with Crippen LogP contribution in [0.3, 0.4) is 0 Å². The quantitative estimate of drug-likeness (QED) is 0.369.